The van der Waals surface area contributed by atoms with Crippen molar-refractivity contribution in [2.45, 2.75) is 37.6 Å². The highest BCUT2D eigenvalue weighted by molar-refractivity contribution is 7.98. The van der Waals surface area contributed by atoms with Crippen LogP contribution in [-0.4, -0.2) is 68.9 Å². The molecular weight excluding hydrogens is 538 g/mol. The van der Waals surface area contributed by atoms with Gasteiger partial charge in [0.15, 0.2) is 0 Å². The maximum Gasteiger partial charge on any atom is 0.254 e. The van der Waals surface area contributed by atoms with E-state index in [4.69, 9.17) is 0 Å². The number of carbonyl (C=O) groups excluding carboxylic acids is 1. The molecular formula is C35H41N5OS. The summed E-state index contributed by atoms with van der Waals surface area (Å²) < 4.78 is 0. The maximum atomic E-state index is 13.9. The van der Waals surface area contributed by atoms with E-state index in [0.717, 1.165) is 73.6 Å². The number of rotatable bonds is 8. The summed E-state index contributed by atoms with van der Waals surface area (Å²) in [5.74, 6) is 0.119. The summed E-state index contributed by atoms with van der Waals surface area (Å²) in [4.78, 5) is 24.4. The van der Waals surface area contributed by atoms with Crippen LogP contribution in [0.4, 0.5) is 17.1 Å². The average molecular weight is 580 g/mol. The van der Waals surface area contributed by atoms with E-state index in [1.807, 2.05) is 35.2 Å². The molecule has 5 rings (SSSR count). The Morgan fingerprint density at radius 2 is 1.60 bits per heavy atom. The highest BCUT2D eigenvalue weighted by Crippen LogP contribution is 2.33. The molecule has 0 atom stereocenters. The van der Waals surface area contributed by atoms with Gasteiger partial charge in [0.05, 0.1) is 16.9 Å². The summed E-state index contributed by atoms with van der Waals surface area (Å²) in [5, 5.41) is 9.58. The number of thioether (sulfide) groups is 1. The third-order valence-corrected chi connectivity index (χ3v) is 9.46. The average Bonchev–Trinajstić information content (AvgIpc) is 3.04. The van der Waals surface area contributed by atoms with E-state index in [2.05, 4.69) is 83.8 Å². The lowest BCUT2D eigenvalue weighted by Gasteiger charge is -2.41. The van der Waals surface area contributed by atoms with Crippen molar-refractivity contribution in [3.05, 3.63) is 95.6 Å². The fourth-order valence-corrected chi connectivity index (χ4v) is 7.06. The highest BCUT2D eigenvalue weighted by atomic mass is 32.2. The second-order valence-electron chi connectivity index (χ2n) is 11.2. The molecule has 2 saturated heterocycles. The van der Waals surface area contributed by atoms with Crippen molar-refractivity contribution in [2.24, 2.45) is 0 Å². The Morgan fingerprint density at radius 1 is 0.952 bits per heavy atom. The Hall–Kier alpha value is -3.89. The van der Waals surface area contributed by atoms with Gasteiger partial charge < -0.3 is 19.6 Å². The summed E-state index contributed by atoms with van der Waals surface area (Å²) >= 11 is 1.77. The van der Waals surface area contributed by atoms with Gasteiger partial charge in [0.25, 0.3) is 5.91 Å². The van der Waals surface area contributed by atoms with Crippen LogP contribution in [0.15, 0.2) is 78.2 Å². The van der Waals surface area contributed by atoms with Crippen LogP contribution in [0.2, 0.25) is 0 Å². The smallest absolute Gasteiger partial charge is 0.254 e. The van der Waals surface area contributed by atoms with Crippen LogP contribution in [-0.2, 0) is 0 Å². The third-order valence-electron chi connectivity index (χ3n) is 8.67. The fourth-order valence-electron chi connectivity index (χ4n) is 6.44. The van der Waals surface area contributed by atoms with Crippen LogP contribution < -0.4 is 14.7 Å². The van der Waals surface area contributed by atoms with Crippen molar-refractivity contribution < 1.29 is 4.79 Å². The molecule has 0 spiro atoms. The predicted octanol–water partition coefficient (Wildman–Crippen LogP) is 6.52. The Morgan fingerprint density at radius 3 is 2.26 bits per heavy atom. The van der Waals surface area contributed by atoms with Gasteiger partial charge in [-0.05, 0) is 74.4 Å². The quantitative estimate of drug-likeness (QED) is 0.224. The summed E-state index contributed by atoms with van der Waals surface area (Å²) in [6, 6.07) is 23.4. The number of aryl methyl sites for hydroxylation is 2. The lowest BCUT2D eigenvalue weighted by Crippen LogP contribution is -2.49. The van der Waals surface area contributed by atoms with Crippen LogP contribution in [0.5, 0.6) is 0 Å². The lowest BCUT2D eigenvalue weighted by molar-refractivity contribution is 0.0746. The molecule has 0 aromatic heterocycles. The summed E-state index contributed by atoms with van der Waals surface area (Å²) in [6.45, 7) is 13.8. The largest absolute Gasteiger partial charge is 0.370 e. The Bertz CT molecular complexity index is 1460. The number of anilines is 3. The zero-order valence-electron chi connectivity index (χ0n) is 25.1. The lowest BCUT2D eigenvalue weighted by atomic mass is 9.97. The molecule has 3 aromatic rings. The van der Waals surface area contributed by atoms with Gasteiger partial charge >= 0.3 is 0 Å². The standard InChI is InChI=1S/C35H41N5OS/c1-5-16-40(29-14-17-37(18-15-29)31-11-7-6-10-28(31)25-36)33-24-30(26(2)23-27(33)3)35(41)39-21-19-38(20-22-39)32-12-8-9-13-34(32)42-4/h5-13,23-24,29H,1,14-22H2,2-4H3. The van der Waals surface area contributed by atoms with Crippen molar-refractivity contribution >= 4 is 34.7 Å². The summed E-state index contributed by atoms with van der Waals surface area (Å²) in [7, 11) is 0. The number of nitrogens with zero attached hydrogens (tertiary/aromatic N) is 5. The number of piperidine rings is 1. The van der Waals surface area contributed by atoms with Crippen molar-refractivity contribution in [3.63, 3.8) is 0 Å². The van der Waals surface area contributed by atoms with Gasteiger partial charge in [0.2, 0.25) is 0 Å². The molecule has 2 heterocycles. The first-order valence-electron chi connectivity index (χ1n) is 14.8. The summed E-state index contributed by atoms with van der Waals surface area (Å²) in [5.41, 5.74) is 7.12. The predicted molar refractivity (Wildman–Crippen MR) is 176 cm³/mol. The molecule has 6 nitrogen and oxygen atoms in total. The number of piperazine rings is 1. The van der Waals surface area contributed by atoms with Gasteiger partial charge in [-0.15, -0.1) is 18.3 Å². The molecule has 2 aliphatic heterocycles. The van der Waals surface area contributed by atoms with Gasteiger partial charge in [0, 0.05) is 68.0 Å². The van der Waals surface area contributed by atoms with E-state index in [0.29, 0.717) is 19.1 Å². The zero-order valence-corrected chi connectivity index (χ0v) is 25.9. The van der Waals surface area contributed by atoms with E-state index in [1.165, 1.54) is 16.1 Å². The SMILES string of the molecule is C=CCN(c1cc(C(=O)N2CCN(c3ccccc3SC)CC2)c(C)cc1C)C1CCN(c2ccccc2C#N)CC1. The minimum Gasteiger partial charge on any atom is -0.370 e. The second-order valence-corrected chi connectivity index (χ2v) is 12.0. The molecule has 0 saturated carbocycles. The van der Waals surface area contributed by atoms with E-state index in [1.54, 1.807) is 11.8 Å². The van der Waals surface area contributed by atoms with E-state index < -0.39 is 0 Å². The van der Waals surface area contributed by atoms with Gasteiger partial charge in [-0.25, -0.2) is 0 Å². The van der Waals surface area contributed by atoms with Crippen LogP contribution in [0, 0.1) is 25.2 Å². The van der Waals surface area contributed by atoms with Gasteiger partial charge in [-0.1, -0.05) is 36.4 Å². The third kappa shape index (κ3) is 6.15. The van der Waals surface area contributed by atoms with Crippen LogP contribution in [0.25, 0.3) is 0 Å². The van der Waals surface area contributed by atoms with E-state index >= 15 is 0 Å². The molecule has 0 N–H and O–H groups in total. The molecule has 2 aliphatic rings. The van der Waals surface area contributed by atoms with E-state index in [9.17, 15) is 10.1 Å². The van der Waals surface area contributed by atoms with Crippen molar-refractivity contribution in [3.8, 4) is 6.07 Å². The fraction of sp³-hybridized carbons (Fsp3) is 0.371. The summed E-state index contributed by atoms with van der Waals surface area (Å²) in [6.07, 6.45) is 6.03. The first kappa shape index (κ1) is 29.6. The number of hydrogen-bond donors (Lipinski definition) is 0. The first-order valence-corrected chi connectivity index (χ1v) is 16.1. The topological polar surface area (TPSA) is 53.8 Å². The number of benzene rings is 3. The van der Waals surface area contributed by atoms with Gasteiger partial charge in [0.1, 0.15) is 6.07 Å². The molecule has 0 radical (unpaired) electrons. The van der Waals surface area contributed by atoms with Gasteiger partial charge in [-0.2, -0.15) is 5.26 Å². The molecule has 0 bridgehead atoms. The normalized spacial score (nSPS) is 15.8. The number of hydrogen-bond acceptors (Lipinski definition) is 6. The Balaban J connectivity index is 1.31. The minimum absolute atomic E-state index is 0.119. The number of nitriles is 1. The zero-order chi connectivity index (χ0) is 29.6. The van der Waals surface area contributed by atoms with Crippen LogP contribution in [0.3, 0.4) is 0 Å². The Labute approximate surface area is 255 Å². The molecule has 1 amide bonds. The number of amides is 1. The molecule has 2 fully saturated rings. The number of para-hydroxylation sites is 2. The van der Waals surface area contributed by atoms with Crippen molar-refractivity contribution in [1.82, 2.24) is 4.90 Å². The first-order chi connectivity index (χ1) is 20.4. The number of carbonyl (C=O) groups is 1. The van der Waals surface area contributed by atoms with E-state index in [-0.39, 0.29) is 5.91 Å². The highest BCUT2D eigenvalue weighted by Gasteiger charge is 2.29. The molecule has 0 aliphatic carbocycles. The monoisotopic (exact) mass is 579 g/mol. The molecule has 3 aromatic carbocycles. The second kappa shape index (κ2) is 13.4. The van der Waals surface area contributed by atoms with Crippen LogP contribution in [0.1, 0.15) is 39.9 Å². The molecule has 7 heteroatoms. The molecule has 218 valence electrons. The minimum atomic E-state index is 0.119. The molecule has 0 unspecified atom stereocenters. The maximum absolute atomic E-state index is 13.9. The van der Waals surface area contributed by atoms with Crippen molar-refractivity contribution in [1.29, 1.82) is 5.26 Å². The van der Waals surface area contributed by atoms with Gasteiger partial charge in [-0.3, -0.25) is 4.79 Å². The molecule has 42 heavy (non-hydrogen) atoms. The van der Waals surface area contributed by atoms with Crippen molar-refractivity contribution in [2.75, 3.05) is 66.8 Å². The Kier molecular flexibility index (Phi) is 9.44. The van der Waals surface area contributed by atoms with Crippen LogP contribution >= 0.6 is 11.8 Å².